The minimum absolute atomic E-state index is 0.131. The van der Waals surface area contributed by atoms with Gasteiger partial charge in [0, 0.05) is 5.57 Å². The van der Waals surface area contributed by atoms with E-state index in [1.165, 1.54) is 4.90 Å². The Bertz CT molecular complexity index is 531. The first-order valence-electron chi connectivity index (χ1n) is 6.23. The fraction of sp³-hybridized carbons (Fsp3) is 0.333. The van der Waals surface area contributed by atoms with Crippen molar-refractivity contribution in [2.45, 2.75) is 20.4 Å². The Hall–Kier alpha value is -2.10. The van der Waals surface area contributed by atoms with Crippen LogP contribution in [0.25, 0.3) is 0 Å². The average molecular weight is 259 g/mol. The van der Waals surface area contributed by atoms with Crippen molar-refractivity contribution < 1.29 is 14.3 Å². The summed E-state index contributed by atoms with van der Waals surface area (Å²) < 4.78 is 5.08. The van der Waals surface area contributed by atoms with E-state index in [-0.39, 0.29) is 17.7 Å². The Kier molecular flexibility index (Phi) is 3.69. The predicted octanol–water partition coefficient (Wildman–Crippen LogP) is 2.15. The molecule has 1 aliphatic heterocycles. The fourth-order valence-corrected chi connectivity index (χ4v) is 2.24. The summed E-state index contributed by atoms with van der Waals surface area (Å²) in [5.74, 6) is 0.103. The second-order valence-corrected chi connectivity index (χ2v) is 4.54. The van der Waals surface area contributed by atoms with E-state index >= 15 is 0 Å². The molecule has 19 heavy (non-hydrogen) atoms. The number of imide groups is 1. The first kappa shape index (κ1) is 13.3. The summed E-state index contributed by atoms with van der Waals surface area (Å²) >= 11 is 0. The summed E-state index contributed by atoms with van der Waals surface area (Å²) in [6.07, 6.45) is 1.72. The molecule has 1 heterocycles. The Morgan fingerprint density at radius 3 is 2.37 bits per heavy atom. The Morgan fingerprint density at radius 2 is 1.89 bits per heavy atom. The number of carbonyl (C=O) groups excluding carboxylic acids is 2. The van der Waals surface area contributed by atoms with Gasteiger partial charge >= 0.3 is 0 Å². The van der Waals surface area contributed by atoms with Crippen molar-refractivity contribution in [3.05, 3.63) is 41.5 Å². The van der Waals surface area contributed by atoms with Crippen LogP contribution >= 0.6 is 0 Å². The molecule has 1 aromatic rings. The van der Waals surface area contributed by atoms with Gasteiger partial charge in [-0.3, -0.25) is 14.5 Å². The lowest BCUT2D eigenvalue weighted by Crippen LogP contribution is -2.29. The van der Waals surface area contributed by atoms with E-state index in [0.29, 0.717) is 12.1 Å². The number of amides is 2. The normalized spacial score (nSPS) is 21.3. The summed E-state index contributed by atoms with van der Waals surface area (Å²) in [5, 5.41) is 0. The zero-order valence-electron chi connectivity index (χ0n) is 11.3. The van der Waals surface area contributed by atoms with Crippen LogP contribution in [0.1, 0.15) is 19.4 Å². The second-order valence-electron chi connectivity index (χ2n) is 4.54. The lowest BCUT2D eigenvalue weighted by Gasteiger charge is -2.14. The lowest BCUT2D eigenvalue weighted by molar-refractivity contribution is -0.139. The van der Waals surface area contributed by atoms with Gasteiger partial charge in [-0.1, -0.05) is 18.2 Å². The third-order valence-electron chi connectivity index (χ3n) is 3.41. The molecule has 4 nitrogen and oxygen atoms in total. The van der Waals surface area contributed by atoms with E-state index in [4.69, 9.17) is 4.74 Å². The summed E-state index contributed by atoms with van der Waals surface area (Å²) in [6.45, 7) is 3.86. The van der Waals surface area contributed by atoms with Gasteiger partial charge in [-0.2, -0.15) is 0 Å². The Labute approximate surface area is 112 Å². The highest BCUT2D eigenvalue weighted by atomic mass is 16.5. The predicted molar refractivity (Wildman–Crippen MR) is 71.5 cm³/mol. The SMILES string of the molecule is C/C=C1/C(=O)N(Cc2ccc(OC)cc2)C(=O)C1C. The maximum atomic E-state index is 12.1. The molecule has 0 aliphatic carbocycles. The average Bonchev–Trinajstić information content (AvgIpc) is 2.63. The van der Waals surface area contributed by atoms with Gasteiger partial charge in [0.15, 0.2) is 0 Å². The highest BCUT2D eigenvalue weighted by molar-refractivity contribution is 6.14. The van der Waals surface area contributed by atoms with Crippen LogP contribution in [0.5, 0.6) is 5.75 Å². The smallest absolute Gasteiger partial charge is 0.257 e. The number of likely N-dealkylation sites (tertiary alicyclic amines) is 1. The number of hydrogen-bond acceptors (Lipinski definition) is 3. The molecule has 1 saturated heterocycles. The number of hydrogen-bond donors (Lipinski definition) is 0. The third kappa shape index (κ3) is 2.38. The topological polar surface area (TPSA) is 46.6 Å². The molecule has 0 spiro atoms. The number of rotatable bonds is 3. The zero-order valence-corrected chi connectivity index (χ0v) is 11.3. The number of ether oxygens (including phenoxy) is 1. The molecular weight excluding hydrogens is 242 g/mol. The van der Waals surface area contributed by atoms with Gasteiger partial charge in [0.2, 0.25) is 5.91 Å². The quantitative estimate of drug-likeness (QED) is 0.617. The maximum absolute atomic E-state index is 12.1. The molecule has 1 aliphatic rings. The van der Waals surface area contributed by atoms with Gasteiger partial charge in [-0.25, -0.2) is 0 Å². The monoisotopic (exact) mass is 259 g/mol. The van der Waals surface area contributed by atoms with Crippen molar-refractivity contribution >= 4 is 11.8 Å². The fourth-order valence-electron chi connectivity index (χ4n) is 2.24. The molecule has 0 radical (unpaired) electrons. The van der Waals surface area contributed by atoms with Crippen molar-refractivity contribution in [2.75, 3.05) is 7.11 Å². The van der Waals surface area contributed by atoms with Gasteiger partial charge in [0.1, 0.15) is 5.75 Å². The first-order valence-corrected chi connectivity index (χ1v) is 6.23. The van der Waals surface area contributed by atoms with E-state index < -0.39 is 0 Å². The summed E-state index contributed by atoms with van der Waals surface area (Å²) in [4.78, 5) is 25.5. The molecule has 2 amide bonds. The number of methoxy groups -OCH3 is 1. The molecule has 100 valence electrons. The molecule has 0 N–H and O–H groups in total. The third-order valence-corrected chi connectivity index (χ3v) is 3.41. The molecule has 0 bridgehead atoms. The summed E-state index contributed by atoms with van der Waals surface area (Å²) in [7, 11) is 1.60. The number of allylic oxidation sites excluding steroid dienone is 1. The van der Waals surface area contributed by atoms with Crippen LogP contribution in [-0.2, 0) is 16.1 Å². The molecule has 0 saturated carbocycles. The van der Waals surface area contributed by atoms with Crippen LogP contribution in [0, 0.1) is 5.92 Å². The molecule has 0 aromatic heterocycles. The van der Waals surface area contributed by atoms with Crippen molar-refractivity contribution in [1.29, 1.82) is 0 Å². The molecule has 4 heteroatoms. The molecular formula is C15H17NO3. The van der Waals surface area contributed by atoms with Gasteiger partial charge in [-0.15, -0.1) is 0 Å². The maximum Gasteiger partial charge on any atom is 0.257 e. The number of nitrogens with zero attached hydrogens (tertiary/aromatic N) is 1. The first-order chi connectivity index (χ1) is 9.08. The van der Waals surface area contributed by atoms with Crippen LogP contribution < -0.4 is 4.74 Å². The highest BCUT2D eigenvalue weighted by Crippen LogP contribution is 2.26. The minimum atomic E-state index is -0.337. The Balaban J connectivity index is 2.18. The van der Waals surface area contributed by atoms with E-state index in [0.717, 1.165) is 11.3 Å². The van der Waals surface area contributed by atoms with Gasteiger partial charge in [0.25, 0.3) is 5.91 Å². The summed E-state index contributed by atoms with van der Waals surface area (Å²) in [6, 6.07) is 7.36. The van der Waals surface area contributed by atoms with Gasteiger partial charge in [0.05, 0.1) is 19.6 Å². The Morgan fingerprint density at radius 1 is 1.26 bits per heavy atom. The van der Waals surface area contributed by atoms with Crippen molar-refractivity contribution in [2.24, 2.45) is 5.92 Å². The van der Waals surface area contributed by atoms with Crippen LogP contribution in [0.4, 0.5) is 0 Å². The van der Waals surface area contributed by atoms with E-state index in [2.05, 4.69) is 0 Å². The molecule has 1 unspecified atom stereocenters. The van der Waals surface area contributed by atoms with Crippen molar-refractivity contribution in [3.8, 4) is 5.75 Å². The van der Waals surface area contributed by atoms with Crippen molar-refractivity contribution in [3.63, 3.8) is 0 Å². The van der Waals surface area contributed by atoms with Crippen LogP contribution in [-0.4, -0.2) is 23.8 Å². The largest absolute Gasteiger partial charge is 0.497 e. The highest BCUT2D eigenvalue weighted by Gasteiger charge is 2.39. The standard InChI is InChI=1S/C15H17NO3/c1-4-13-10(2)14(17)16(15(13)18)9-11-5-7-12(19-3)8-6-11/h4-8,10H,9H2,1-3H3/b13-4+. The van der Waals surface area contributed by atoms with Gasteiger partial charge < -0.3 is 4.74 Å². The van der Waals surface area contributed by atoms with E-state index in [1.807, 2.05) is 24.3 Å². The molecule has 1 fully saturated rings. The zero-order chi connectivity index (χ0) is 14.0. The molecule has 1 atom stereocenters. The molecule has 2 rings (SSSR count). The molecule has 1 aromatic carbocycles. The van der Waals surface area contributed by atoms with Crippen LogP contribution in [0.3, 0.4) is 0 Å². The van der Waals surface area contributed by atoms with Gasteiger partial charge in [-0.05, 0) is 31.5 Å². The lowest BCUT2D eigenvalue weighted by atomic mass is 10.0. The van der Waals surface area contributed by atoms with Crippen molar-refractivity contribution in [1.82, 2.24) is 4.90 Å². The summed E-state index contributed by atoms with van der Waals surface area (Å²) in [5.41, 5.74) is 1.49. The van der Waals surface area contributed by atoms with E-state index in [9.17, 15) is 9.59 Å². The number of carbonyl (C=O) groups is 2. The minimum Gasteiger partial charge on any atom is -0.497 e. The van der Waals surface area contributed by atoms with Crippen LogP contribution in [0.2, 0.25) is 0 Å². The van der Waals surface area contributed by atoms with Crippen LogP contribution in [0.15, 0.2) is 35.9 Å². The second kappa shape index (κ2) is 5.26. The number of benzene rings is 1. The van der Waals surface area contributed by atoms with E-state index in [1.54, 1.807) is 27.0 Å².